The molecule has 3 rings (SSSR count). The van der Waals surface area contributed by atoms with Crippen LogP contribution in [0.4, 0.5) is 0 Å². The van der Waals surface area contributed by atoms with Crippen molar-refractivity contribution in [2.75, 3.05) is 33.0 Å². The van der Waals surface area contributed by atoms with Crippen molar-refractivity contribution in [3.8, 4) is 0 Å². The third kappa shape index (κ3) is 26.9. The van der Waals surface area contributed by atoms with Gasteiger partial charge in [-0.1, -0.05) is 160 Å². The first-order valence-electron chi connectivity index (χ1n) is 29.4. The Balaban J connectivity index is 1.57. The van der Waals surface area contributed by atoms with Gasteiger partial charge in [-0.25, -0.2) is 0 Å². The minimum absolute atomic E-state index is 0.100. The van der Waals surface area contributed by atoms with E-state index in [2.05, 4.69) is 38.2 Å². The van der Waals surface area contributed by atoms with Gasteiger partial charge in [0.05, 0.1) is 26.4 Å². The lowest BCUT2D eigenvalue weighted by molar-refractivity contribution is -0.373. The number of ether oxygens (including phenoxy) is 8. The number of aliphatic hydroxyl groups excluding tert-OH is 10. The molecule has 10 N–H and O–H groups in total. The minimum atomic E-state index is -1.99. The maximum absolute atomic E-state index is 13.2. The number of rotatable bonds is 43. The Labute approximate surface area is 458 Å². The van der Waals surface area contributed by atoms with Crippen molar-refractivity contribution in [3.05, 3.63) is 24.3 Å². The van der Waals surface area contributed by atoms with Crippen molar-refractivity contribution >= 4 is 11.9 Å². The summed E-state index contributed by atoms with van der Waals surface area (Å²) in [4.78, 5) is 26.2. The Hall–Kier alpha value is -2.22. The molecule has 0 amide bonds. The molecular formula is C57H102O20. The fourth-order valence-electron chi connectivity index (χ4n) is 9.59. The minimum Gasteiger partial charge on any atom is -0.462 e. The second kappa shape index (κ2) is 41.7. The van der Waals surface area contributed by atoms with Gasteiger partial charge in [0.25, 0.3) is 0 Å². The van der Waals surface area contributed by atoms with Gasteiger partial charge in [0.15, 0.2) is 25.0 Å². The van der Waals surface area contributed by atoms with E-state index in [1.165, 1.54) is 89.9 Å². The molecule has 0 aromatic heterocycles. The van der Waals surface area contributed by atoms with E-state index in [1.54, 1.807) is 0 Å². The molecule has 0 saturated carbocycles. The Morgan fingerprint density at radius 3 is 1.40 bits per heavy atom. The molecular weight excluding hydrogens is 1000 g/mol. The number of hydrogen-bond donors (Lipinski definition) is 10. The van der Waals surface area contributed by atoms with Crippen molar-refractivity contribution in [3.63, 3.8) is 0 Å². The Kier molecular flexibility index (Phi) is 37.4. The first-order chi connectivity index (χ1) is 37.3. The highest BCUT2D eigenvalue weighted by atomic mass is 16.8. The number of carbonyl (C=O) groups is 2. The summed E-state index contributed by atoms with van der Waals surface area (Å²) in [6, 6.07) is 0. The van der Waals surface area contributed by atoms with Crippen LogP contribution in [0.15, 0.2) is 24.3 Å². The first kappa shape index (κ1) is 69.1. The molecule has 0 radical (unpaired) electrons. The van der Waals surface area contributed by atoms with Crippen LogP contribution < -0.4 is 0 Å². The normalized spacial score (nSPS) is 30.3. The standard InChI is InChI=1S/C57H102O20/c1-3-5-7-9-11-13-15-17-19-21-23-25-27-29-31-33-44(60)70-37-40(73-45(61)34-32-30-28-26-24-22-20-18-16-14-12-10-8-6-4-2)38-71-57-54(51(67)47(63)42(36-59)75-57)77-56-53(69)50(66)48(64)43(76-56)39-72-55-52(68)49(65)46(62)41(35-58)74-55/h13,15,19,21,40-43,46-59,62-69H,3-12,14,16-18,20,22-39H2,1-2H3/t40-,41?,42?,43?,46?,47-,48+,49+,50?,51+,52-,53-,54?,55+,56-,57-/m1/s1. The van der Waals surface area contributed by atoms with Crippen molar-refractivity contribution in [1.29, 1.82) is 0 Å². The summed E-state index contributed by atoms with van der Waals surface area (Å²) >= 11 is 0. The molecule has 77 heavy (non-hydrogen) atoms. The molecule has 450 valence electrons. The molecule has 3 heterocycles. The van der Waals surface area contributed by atoms with Gasteiger partial charge in [-0.15, -0.1) is 0 Å². The van der Waals surface area contributed by atoms with Crippen LogP contribution in [0, 0.1) is 0 Å². The lowest BCUT2D eigenvalue weighted by Gasteiger charge is -2.46. The van der Waals surface area contributed by atoms with Crippen LogP contribution in [0.5, 0.6) is 0 Å². The highest BCUT2D eigenvalue weighted by Gasteiger charge is 2.52. The summed E-state index contributed by atoms with van der Waals surface area (Å²) < 4.78 is 45.6. The second-order valence-corrected chi connectivity index (χ2v) is 21.2. The number of allylic oxidation sites excluding steroid dienone is 4. The van der Waals surface area contributed by atoms with Gasteiger partial charge in [0.2, 0.25) is 0 Å². The molecule has 6 unspecified atom stereocenters. The van der Waals surface area contributed by atoms with Gasteiger partial charge in [-0.2, -0.15) is 0 Å². The van der Waals surface area contributed by atoms with Crippen LogP contribution in [0.1, 0.15) is 194 Å². The zero-order valence-electron chi connectivity index (χ0n) is 46.4. The third-order valence-corrected chi connectivity index (χ3v) is 14.5. The predicted molar refractivity (Wildman–Crippen MR) is 285 cm³/mol. The SMILES string of the molecule is CCCCCCC=CCC=CCCCCCCC(=O)OC[C@H](CO[C@@H]1OC(CO)[C@@H](O)[C@H](O)C1O[C@H]1OC(CO[C@H]2OC(CO)C(O)[C@H](O)[C@H]2O)[C@H](O)C(O)[C@H]1O)OC(=O)CCCCCCCCCCCCCCCCC. The molecule has 0 aliphatic carbocycles. The Morgan fingerprint density at radius 2 is 0.870 bits per heavy atom. The molecule has 3 aliphatic heterocycles. The summed E-state index contributed by atoms with van der Waals surface area (Å²) in [6.07, 6.45) is 10.9. The number of hydrogen-bond acceptors (Lipinski definition) is 20. The van der Waals surface area contributed by atoms with Gasteiger partial charge in [0, 0.05) is 12.8 Å². The summed E-state index contributed by atoms with van der Waals surface area (Å²) in [7, 11) is 0. The van der Waals surface area contributed by atoms with Crippen LogP contribution in [0.25, 0.3) is 0 Å². The summed E-state index contributed by atoms with van der Waals surface area (Å²) in [5, 5.41) is 105. The van der Waals surface area contributed by atoms with Crippen LogP contribution in [-0.4, -0.2) is 194 Å². The largest absolute Gasteiger partial charge is 0.462 e. The fraction of sp³-hybridized carbons (Fsp3) is 0.895. The fourth-order valence-corrected chi connectivity index (χ4v) is 9.59. The highest BCUT2D eigenvalue weighted by Crippen LogP contribution is 2.31. The molecule has 0 spiro atoms. The highest BCUT2D eigenvalue weighted by molar-refractivity contribution is 5.70. The van der Waals surface area contributed by atoms with Crippen molar-refractivity contribution in [2.24, 2.45) is 0 Å². The summed E-state index contributed by atoms with van der Waals surface area (Å²) in [5.41, 5.74) is 0. The van der Waals surface area contributed by atoms with Gasteiger partial charge in [0.1, 0.15) is 79.9 Å². The van der Waals surface area contributed by atoms with E-state index in [9.17, 15) is 60.7 Å². The van der Waals surface area contributed by atoms with E-state index in [-0.39, 0.29) is 19.4 Å². The number of unbranched alkanes of at least 4 members (excludes halogenated alkanes) is 22. The van der Waals surface area contributed by atoms with Gasteiger partial charge in [-0.05, 0) is 44.9 Å². The van der Waals surface area contributed by atoms with Crippen LogP contribution in [-0.2, 0) is 47.5 Å². The average molecular weight is 1110 g/mol. The van der Waals surface area contributed by atoms with Gasteiger partial charge < -0.3 is 89.0 Å². The van der Waals surface area contributed by atoms with Crippen LogP contribution in [0.3, 0.4) is 0 Å². The zero-order chi connectivity index (χ0) is 56.2. The first-order valence-corrected chi connectivity index (χ1v) is 29.4. The zero-order valence-corrected chi connectivity index (χ0v) is 46.4. The summed E-state index contributed by atoms with van der Waals surface area (Å²) in [6.45, 7) is 1.37. The topological polar surface area (TPSA) is 310 Å². The molecule has 20 heteroatoms. The van der Waals surface area contributed by atoms with E-state index in [0.29, 0.717) is 12.8 Å². The molecule has 3 saturated heterocycles. The lowest BCUT2D eigenvalue weighted by atomic mass is 9.97. The van der Waals surface area contributed by atoms with Crippen molar-refractivity contribution < 1.29 is 98.5 Å². The Bertz CT molecular complexity index is 1550. The number of carbonyl (C=O) groups excluding carboxylic acids is 2. The van der Waals surface area contributed by atoms with Gasteiger partial charge >= 0.3 is 11.9 Å². The van der Waals surface area contributed by atoms with Gasteiger partial charge in [-0.3, -0.25) is 9.59 Å². The predicted octanol–water partition coefficient (Wildman–Crippen LogP) is 4.98. The number of aliphatic hydroxyl groups is 10. The maximum atomic E-state index is 13.2. The maximum Gasteiger partial charge on any atom is 0.306 e. The number of esters is 2. The average Bonchev–Trinajstić information content (AvgIpc) is 3.42. The Morgan fingerprint density at radius 1 is 0.442 bits per heavy atom. The van der Waals surface area contributed by atoms with Crippen LogP contribution in [0.2, 0.25) is 0 Å². The van der Waals surface area contributed by atoms with Crippen molar-refractivity contribution in [2.45, 2.75) is 292 Å². The molecule has 16 atom stereocenters. The van der Waals surface area contributed by atoms with E-state index < -0.39 is 137 Å². The quantitative estimate of drug-likeness (QED) is 0.0219. The monoisotopic (exact) mass is 1110 g/mol. The van der Waals surface area contributed by atoms with Crippen LogP contribution >= 0.6 is 0 Å². The molecule has 3 aliphatic rings. The molecule has 0 aromatic carbocycles. The van der Waals surface area contributed by atoms with E-state index in [1.807, 2.05) is 0 Å². The van der Waals surface area contributed by atoms with E-state index in [4.69, 9.17) is 37.9 Å². The molecule has 0 bridgehead atoms. The smallest absolute Gasteiger partial charge is 0.306 e. The third-order valence-electron chi connectivity index (χ3n) is 14.5. The lowest BCUT2D eigenvalue weighted by Crippen LogP contribution is -2.65. The molecule has 20 nitrogen and oxygen atoms in total. The molecule has 3 fully saturated rings. The van der Waals surface area contributed by atoms with E-state index >= 15 is 0 Å². The second-order valence-electron chi connectivity index (χ2n) is 21.2. The van der Waals surface area contributed by atoms with E-state index in [0.717, 1.165) is 64.2 Å². The molecule has 0 aromatic rings. The summed E-state index contributed by atoms with van der Waals surface area (Å²) in [5.74, 6) is -1.06. The van der Waals surface area contributed by atoms with Crippen molar-refractivity contribution in [1.82, 2.24) is 0 Å².